The van der Waals surface area contributed by atoms with Crippen molar-refractivity contribution in [1.82, 2.24) is 4.31 Å². The van der Waals surface area contributed by atoms with E-state index < -0.39 is 20.6 Å². The Morgan fingerprint density at radius 3 is 2.58 bits per heavy atom. The van der Waals surface area contributed by atoms with Crippen molar-refractivity contribution in [3.8, 4) is 0 Å². The average molecular weight is 329 g/mol. The molecule has 7 nitrogen and oxygen atoms in total. The standard InChI is InChI=1S/C9H13ClN2O5S2/c1-2-3-11(4-5-13)19(16,17)8-6-7(12(14)15)9(10)18-8/h6,13H,2-5H2,1H3. The van der Waals surface area contributed by atoms with E-state index in [1.807, 2.05) is 0 Å². The van der Waals surface area contributed by atoms with Gasteiger partial charge in [0.25, 0.3) is 15.7 Å². The number of aliphatic hydroxyl groups is 1. The van der Waals surface area contributed by atoms with Gasteiger partial charge >= 0.3 is 0 Å². The van der Waals surface area contributed by atoms with E-state index in [4.69, 9.17) is 16.7 Å². The first-order valence-electron chi connectivity index (χ1n) is 5.39. The lowest BCUT2D eigenvalue weighted by Gasteiger charge is -2.19. The van der Waals surface area contributed by atoms with Crippen molar-refractivity contribution in [2.24, 2.45) is 0 Å². The molecule has 1 N–H and O–H groups in total. The first-order valence-corrected chi connectivity index (χ1v) is 8.02. The minimum absolute atomic E-state index is 0.0561. The molecular weight excluding hydrogens is 316 g/mol. The van der Waals surface area contributed by atoms with Crippen molar-refractivity contribution in [2.75, 3.05) is 19.7 Å². The van der Waals surface area contributed by atoms with E-state index >= 15 is 0 Å². The van der Waals surface area contributed by atoms with Crippen LogP contribution >= 0.6 is 22.9 Å². The molecule has 108 valence electrons. The van der Waals surface area contributed by atoms with Crippen LogP contribution in [0.1, 0.15) is 13.3 Å². The van der Waals surface area contributed by atoms with Gasteiger partial charge in [0.1, 0.15) is 4.21 Å². The van der Waals surface area contributed by atoms with E-state index in [9.17, 15) is 18.5 Å². The molecule has 0 aliphatic rings. The van der Waals surface area contributed by atoms with Gasteiger partial charge < -0.3 is 5.11 Å². The maximum absolute atomic E-state index is 12.2. The van der Waals surface area contributed by atoms with Crippen molar-refractivity contribution >= 4 is 38.6 Å². The first-order chi connectivity index (χ1) is 8.84. The molecule has 0 atom stereocenters. The molecule has 19 heavy (non-hydrogen) atoms. The molecular formula is C9H13ClN2O5S2. The fraction of sp³-hybridized carbons (Fsp3) is 0.556. The van der Waals surface area contributed by atoms with Gasteiger partial charge in [0.15, 0.2) is 4.34 Å². The molecule has 0 aromatic carbocycles. The summed E-state index contributed by atoms with van der Waals surface area (Å²) in [6.07, 6.45) is 0.570. The third-order valence-electron chi connectivity index (χ3n) is 2.26. The molecule has 1 aromatic rings. The smallest absolute Gasteiger partial charge is 0.300 e. The number of nitrogens with zero attached hydrogens (tertiary/aromatic N) is 2. The van der Waals surface area contributed by atoms with Gasteiger partial charge in [-0.2, -0.15) is 4.31 Å². The number of sulfonamides is 1. The second-order valence-electron chi connectivity index (χ2n) is 3.61. The third-order valence-corrected chi connectivity index (χ3v) is 5.95. The summed E-state index contributed by atoms with van der Waals surface area (Å²) < 4.78 is 25.2. The molecule has 1 rings (SSSR count). The van der Waals surface area contributed by atoms with Gasteiger partial charge in [-0.3, -0.25) is 10.1 Å². The van der Waals surface area contributed by atoms with E-state index in [2.05, 4.69) is 0 Å². The quantitative estimate of drug-likeness (QED) is 0.606. The number of halogens is 1. The monoisotopic (exact) mass is 328 g/mol. The third kappa shape index (κ3) is 3.63. The molecule has 0 radical (unpaired) electrons. The molecule has 0 bridgehead atoms. The highest BCUT2D eigenvalue weighted by atomic mass is 35.5. The largest absolute Gasteiger partial charge is 0.395 e. The van der Waals surface area contributed by atoms with Crippen LogP contribution in [0, 0.1) is 10.1 Å². The minimum Gasteiger partial charge on any atom is -0.395 e. The molecule has 0 aliphatic carbocycles. The van der Waals surface area contributed by atoms with Gasteiger partial charge in [-0.25, -0.2) is 8.42 Å². The molecule has 0 spiro atoms. The molecule has 0 saturated carbocycles. The number of hydrogen-bond donors (Lipinski definition) is 1. The second-order valence-corrected chi connectivity index (χ2v) is 7.43. The van der Waals surface area contributed by atoms with Crippen LogP contribution in [0.2, 0.25) is 4.34 Å². The van der Waals surface area contributed by atoms with Gasteiger partial charge in [-0.15, -0.1) is 11.3 Å². The van der Waals surface area contributed by atoms with Crippen LogP contribution < -0.4 is 0 Å². The highest BCUT2D eigenvalue weighted by Crippen LogP contribution is 2.37. The Morgan fingerprint density at radius 1 is 1.53 bits per heavy atom. The fourth-order valence-corrected chi connectivity index (χ4v) is 4.77. The predicted molar refractivity (Wildman–Crippen MR) is 72.1 cm³/mol. The molecule has 0 saturated heterocycles. The maximum atomic E-state index is 12.2. The Hall–Kier alpha value is -0.740. The summed E-state index contributed by atoms with van der Waals surface area (Å²) in [5.41, 5.74) is -0.425. The topological polar surface area (TPSA) is 101 Å². The Kier molecular flexibility index (Phi) is 5.68. The molecule has 0 aliphatic heterocycles. The van der Waals surface area contributed by atoms with Crippen LogP contribution in [-0.4, -0.2) is 42.4 Å². The van der Waals surface area contributed by atoms with E-state index in [-0.39, 0.29) is 28.2 Å². The van der Waals surface area contributed by atoms with Crippen LogP contribution in [-0.2, 0) is 10.0 Å². The van der Waals surface area contributed by atoms with Crippen LogP contribution in [0.3, 0.4) is 0 Å². The Morgan fingerprint density at radius 2 is 2.16 bits per heavy atom. The summed E-state index contributed by atoms with van der Waals surface area (Å²) >= 11 is 6.29. The van der Waals surface area contributed by atoms with Crippen molar-refractivity contribution in [3.05, 3.63) is 20.5 Å². The second kappa shape index (κ2) is 6.62. The first kappa shape index (κ1) is 16.3. The number of rotatable bonds is 7. The van der Waals surface area contributed by atoms with Gasteiger partial charge in [-0.05, 0) is 6.42 Å². The normalized spacial score (nSPS) is 12.0. The van der Waals surface area contributed by atoms with E-state index in [1.165, 1.54) is 0 Å². The van der Waals surface area contributed by atoms with Crippen LogP contribution in [0.4, 0.5) is 5.69 Å². The zero-order valence-corrected chi connectivity index (χ0v) is 12.5. The Balaban J connectivity index is 3.17. The Bertz CT molecular complexity index is 551. The Labute approximate surface area is 119 Å². The van der Waals surface area contributed by atoms with Gasteiger partial charge in [0.2, 0.25) is 0 Å². The van der Waals surface area contributed by atoms with Gasteiger partial charge in [-0.1, -0.05) is 18.5 Å². The number of thiophene rings is 1. The molecule has 1 heterocycles. The average Bonchev–Trinajstić information content (AvgIpc) is 2.72. The molecule has 0 fully saturated rings. The van der Waals surface area contributed by atoms with Crippen molar-refractivity contribution in [1.29, 1.82) is 0 Å². The zero-order chi connectivity index (χ0) is 14.6. The summed E-state index contributed by atoms with van der Waals surface area (Å²) in [4.78, 5) is 9.93. The number of nitro groups is 1. The summed E-state index contributed by atoms with van der Waals surface area (Å²) in [6, 6.07) is 0.947. The molecule has 0 unspecified atom stereocenters. The van der Waals surface area contributed by atoms with E-state index in [0.717, 1.165) is 10.4 Å². The van der Waals surface area contributed by atoms with Gasteiger partial charge in [0, 0.05) is 19.2 Å². The zero-order valence-electron chi connectivity index (χ0n) is 10.1. The number of hydrogen-bond acceptors (Lipinski definition) is 6. The van der Waals surface area contributed by atoms with Crippen LogP contribution in [0.25, 0.3) is 0 Å². The molecule has 1 aromatic heterocycles. The SMILES string of the molecule is CCCN(CCO)S(=O)(=O)c1cc([N+](=O)[O-])c(Cl)s1. The summed E-state index contributed by atoms with van der Waals surface area (Å²) in [5.74, 6) is 0. The predicted octanol–water partition coefficient (Wildman–Crippen LogP) is 1.70. The fourth-order valence-electron chi connectivity index (χ4n) is 1.43. The summed E-state index contributed by atoms with van der Waals surface area (Å²) in [5, 5.41) is 19.5. The molecule has 10 heteroatoms. The summed E-state index contributed by atoms with van der Waals surface area (Å²) in [7, 11) is -3.86. The van der Waals surface area contributed by atoms with Gasteiger partial charge in [0.05, 0.1) is 11.5 Å². The summed E-state index contributed by atoms with van der Waals surface area (Å²) in [6.45, 7) is 1.65. The molecule has 0 amide bonds. The lowest BCUT2D eigenvalue weighted by molar-refractivity contribution is -0.384. The van der Waals surface area contributed by atoms with E-state index in [0.29, 0.717) is 17.8 Å². The van der Waals surface area contributed by atoms with Crippen molar-refractivity contribution < 1.29 is 18.4 Å². The van der Waals surface area contributed by atoms with Crippen molar-refractivity contribution in [2.45, 2.75) is 17.6 Å². The van der Waals surface area contributed by atoms with Crippen LogP contribution in [0.15, 0.2) is 10.3 Å². The van der Waals surface area contributed by atoms with Crippen molar-refractivity contribution in [3.63, 3.8) is 0 Å². The highest BCUT2D eigenvalue weighted by Gasteiger charge is 2.29. The highest BCUT2D eigenvalue weighted by molar-refractivity contribution is 7.91. The minimum atomic E-state index is -3.86. The number of aliphatic hydroxyl groups excluding tert-OH is 1. The maximum Gasteiger partial charge on any atom is 0.300 e. The van der Waals surface area contributed by atoms with E-state index in [1.54, 1.807) is 6.92 Å². The lowest BCUT2D eigenvalue weighted by atomic mass is 10.5. The lowest BCUT2D eigenvalue weighted by Crippen LogP contribution is -2.33. The van der Waals surface area contributed by atoms with Crippen LogP contribution in [0.5, 0.6) is 0 Å².